The smallest absolute Gasteiger partial charge is 0.481 e. The van der Waals surface area contributed by atoms with Gasteiger partial charge in [0.25, 0.3) is 5.92 Å². The van der Waals surface area contributed by atoms with Gasteiger partial charge in [-0.1, -0.05) is 43.5 Å². The minimum absolute atomic E-state index is 0.00336. The Morgan fingerprint density at radius 2 is 1.55 bits per heavy atom. The third-order valence-corrected chi connectivity index (χ3v) is 18.0. The van der Waals surface area contributed by atoms with Crippen LogP contribution in [0.15, 0.2) is 54.6 Å². The molecule has 3 aromatic carbocycles. The highest BCUT2D eigenvalue weighted by Gasteiger charge is 2.68. The van der Waals surface area contributed by atoms with Gasteiger partial charge >= 0.3 is 26.1 Å². The van der Waals surface area contributed by atoms with Crippen molar-refractivity contribution in [2.75, 3.05) is 16.8 Å². The van der Waals surface area contributed by atoms with E-state index in [1.54, 1.807) is 0 Å². The Labute approximate surface area is 487 Å². The van der Waals surface area contributed by atoms with Crippen molar-refractivity contribution in [1.29, 1.82) is 0 Å². The van der Waals surface area contributed by atoms with Crippen LogP contribution in [-0.2, 0) is 82.3 Å². The van der Waals surface area contributed by atoms with Crippen molar-refractivity contribution in [1.82, 2.24) is 29.9 Å². The lowest BCUT2D eigenvalue weighted by Gasteiger charge is -2.31. The molecule has 3 aromatic heterocycles. The molecule has 1 saturated carbocycles. The van der Waals surface area contributed by atoms with E-state index in [1.807, 2.05) is 0 Å². The number of carbonyl (C=O) groups excluding carboxylic acids is 2. The minimum Gasteiger partial charge on any atom is -0.481 e. The summed E-state index contributed by atoms with van der Waals surface area (Å²) in [7, 11) is -14.5. The number of nitrogens with zero attached hydrogens (tertiary/aromatic N) is 6. The number of aryl methyl sites for hydroxylation is 1. The fourth-order valence-electron chi connectivity index (χ4n) is 10.6. The van der Waals surface area contributed by atoms with Crippen molar-refractivity contribution in [3.05, 3.63) is 122 Å². The van der Waals surface area contributed by atoms with Crippen molar-refractivity contribution in [2.24, 2.45) is 5.92 Å². The molecular weight excluding hydrogens is 1250 g/mol. The molecule has 3 heterocycles. The molecule has 0 aliphatic heterocycles. The highest BCUT2D eigenvalue weighted by molar-refractivity contribution is 7.93. The second-order valence-electron chi connectivity index (χ2n) is 21.9. The molecule has 6 aromatic rings. The zero-order chi connectivity index (χ0) is 64.1. The monoisotopic (exact) mass is 1300 g/mol. The first kappa shape index (κ1) is 64.9. The fourth-order valence-corrected chi connectivity index (χ4v) is 12.3. The predicted octanol–water partition coefficient (Wildman–Crippen LogP) is 9.36. The number of rotatable bonds is 18. The van der Waals surface area contributed by atoms with Gasteiger partial charge in [0.2, 0.25) is 21.8 Å². The van der Waals surface area contributed by atoms with Gasteiger partial charge in [-0.2, -0.15) is 49.6 Å². The molecule has 86 heavy (non-hydrogen) atoms. The van der Waals surface area contributed by atoms with Gasteiger partial charge in [-0.05, 0) is 98.5 Å². The summed E-state index contributed by atoms with van der Waals surface area (Å²) in [5.41, 5.74) is -8.33. The van der Waals surface area contributed by atoms with E-state index in [2.05, 4.69) is 32.3 Å². The topological polar surface area (TPSA) is 270 Å². The van der Waals surface area contributed by atoms with Crippen LogP contribution in [0.25, 0.3) is 22.0 Å². The summed E-state index contributed by atoms with van der Waals surface area (Å²) < 4.78 is 218. The first-order valence-corrected chi connectivity index (χ1v) is 30.9. The molecule has 2 aliphatic rings. The second kappa shape index (κ2) is 22.2. The average Bonchev–Trinajstić information content (AvgIpc) is 1.52. The van der Waals surface area contributed by atoms with Crippen LogP contribution < -0.4 is 14.1 Å². The van der Waals surface area contributed by atoms with E-state index in [9.17, 15) is 85.8 Å². The van der Waals surface area contributed by atoms with Gasteiger partial charge < -0.3 is 14.9 Å². The number of sulfone groups is 1. The number of pyridine rings is 1. The van der Waals surface area contributed by atoms with Crippen LogP contribution in [0.3, 0.4) is 0 Å². The van der Waals surface area contributed by atoms with E-state index in [0.717, 1.165) is 48.7 Å². The number of fused-ring (bicyclic) bond motifs is 4. The summed E-state index contributed by atoms with van der Waals surface area (Å²) in [6, 6.07) is 6.63. The molecule has 462 valence electrons. The van der Waals surface area contributed by atoms with Gasteiger partial charge in [-0.15, -0.1) is 0 Å². The Balaban J connectivity index is 1.35. The summed E-state index contributed by atoms with van der Waals surface area (Å²) in [6.45, 7) is 2.91. The number of carboxylic acid groups (broad SMARTS) is 1. The standard InChI is InChI=1S/C53H49ClF10N7O12PS2/c1-25-14-26(19-40(74)75)18-37(83-84(76,77)78)43(25)49(2,3)22-39(73)71(86(7,81)82)48-42-35(54)11-10-32(45(42)70(68-48)24-51(57,58)59)31-9-8-30(12-13-50(4,5)85(6,79)80)65-44(31)36(17-27-15-28(55)20-29(56)16-27)66-38(72)23-69-47-41(46(67-69)53(62,63)64)33-21-34(33)52(47,60)61/h8-11,14-16,18,20,33-34,36H,17,19,21-24H2,1-7H3,(H,66,72)(H,74,75)(H2,76,77,78)/t33-,34+,36-/m0/s1. The molecule has 3 atom stereocenters. The minimum atomic E-state index is -5.45. The summed E-state index contributed by atoms with van der Waals surface area (Å²) in [5, 5.41) is 18.0. The number of amides is 2. The number of anilines is 1. The van der Waals surface area contributed by atoms with E-state index < -0.39 is 191 Å². The van der Waals surface area contributed by atoms with Gasteiger partial charge in [0.15, 0.2) is 21.3 Å². The number of nitrogens with one attached hydrogen (secondary N) is 1. The highest BCUT2D eigenvalue weighted by Crippen LogP contribution is 2.68. The first-order chi connectivity index (χ1) is 39.3. The van der Waals surface area contributed by atoms with Crippen molar-refractivity contribution < 1.29 is 99.1 Å². The van der Waals surface area contributed by atoms with Crippen molar-refractivity contribution in [2.45, 2.75) is 114 Å². The zero-order valence-corrected chi connectivity index (χ0v) is 49.1. The maximum atomic E-state index is 15.7. The maximum absolute atomic E-state index is 15.7. The summed E-state index contributed by atoms with van der Waals surface area (Å²) in [5.74, 6) is -9.89. The molecule has 2 amide bonds. The van der Waals surface area contributed by atoms with Crippen molar-refractivity contribution in [3.63, 3.8) is 0 Å². The molecule has 0 bridgehead atoms. The number of benzene rings is 3. The molecule has 33 heteroatoms. The van der Waals surface area contributed by atoms with Crippen molar-refractivity contribution >= 4 is 73.8 Å². The molecule has 0 spiro atoms. The molecule has 8 rings (SSSR count). The lowest BCUT2D eigenvalue weighted by molar-refractivity contribution is -0.143. The van der Waals surface area contributed by atoms with Gasteiger partial charge in [0.05, 0.1) is 40.3 Å². The lowest BCUT2D eigenvalue weighted by atomic mass is 9.78. The molecule has 2 aliphatic carbocycles. The van der Waals surface area contributed by atoms with Crippen LogP contribution in [-0.4, -0.2) is 97.5 Å². The SMILES string of the molecule is Cc1cc(CC(=O)O)cc(OP(=O)(O)O)c1C(C)(C)CC(=O)N(c1nn(CC(F)(F)F)c2c(-c3ccc(C#CC(C)(C)S(C)(=O)=O)nc3[C@H](Cc3cc(F)cc(F)c3)NC(=O)Cn3nc(C(F)(F)F)c4c3C(F)(F)[C@@H]3C[C@H]43)ccc(Cl)c12)S(C)(=O)=O. The number of hydrogen-bond acceptors (Lipinski definition) is 12. The number of halogens is 11. The number of hydrogen-bond donors (Lipinski definition) is 4. The Kier molecular flexibility index (Phi) is 16.8. The van der Waals surface area contributed by atoms with Crippen LogP contribution in [0.2, 0.25) is 5.02 Å². The fraction of sp³-hybridized carbons (Fsp3) is 0.396. The molecule has 0 radical (unpaired) electrons. The van der Waals surface area contributed by atoms with Crippen LogP contribution in [0.5, 0.6) is 5.75 Å². The third kappa shape index (κ3) is 13.5. The number of carboxylic acids is 1. The maximum Gasteiger partial charge on any atom is 0.524 e. The number of aromatic nitrogens is 5. The Hall–Kier alpha value is -7.10. The first-order valence-electron chi connectivity index (χ1n) is 25.2. The third-order valence-electron chi connectivity index (χ3n) is 14.3. The van der Waals surface area contributed by atoms with E-state index in [1.165, 1.54) is 40.7 Å². The predicted molar refractivity (Wildman–Crippen MR) is 288 cm³/mol. The molecule has 4 N–H and O–H groups in total. The average molecular weight is 1300 g/mol. The highest BCUT2D eigenvalue weighted by atomic mass is 35.5. The zero-order valence-electron chi connectivity index (χ0n) is 45.8. The molecule has 0 unspecified atom stereocenters. The Morgan fingerprint density at radius 1 is 0.919 bits per heavy atom. The quantitative estimate of drug-likeness (QED) is 0.0355. The van der Waals surface area contributed by atoms with Crippen LogP contribution in [0.1, 0.15) is 103 Å². The summed E-state index contributed by atoms with van der Waals surface area (Å²) in [4.78, 5) is 65.0. The molecule has 0 saturated heterocycles. The molecule has 1 fully saturated rings. The Bertz CT molecular complexity index is 4160. The van der Waals surface area contributed by atoms with E-state index >= 15 is 8.78 Å². The number of sulfonamides is 1. The van der Waals surface area contributed by atoms with Gasteiger partial charge in [0.1, 0.15) is 46.6 Å². The molecular formula is C53H49ClF10N7O12PS2. The van der Waals surface area contributed by atoms with E-state index in [-0.39, 0.29) is 53.6 Å². The van der Waals surface area contributed by atoms with Gasteiger partial charge in [-0.25, -0.2) is 35.2 Å². The Morgan fingerprint density at radius 3 is 2.12 bits per heavy atom. The summed E-state index contributed by atoms with van der Waals surface area (Å²) in [6.07, 6.45) is -12.0. The van der Waals surface area contributed by atoms with Gasteiger partial charge in [0, 0.05) is 52.3 Å². The number of phosphoric acid groups is 1. The number of alkyl halides is 8. The lowest BCUT2D eigenvalue weighted by Crippen LogP contribution is -2.40. The molecule has 19 nitrogen and oxygen atoms in total. The van der Waals surface area contributed by atoms with Crippen LogP contribution in [0.4, 0.5) is 49.7 Å². The van der Waals surface area contributed by atoms with Crippen LogP contribution >= 0.6 is 19.4 Å². The largest absolute Gasteiger partial charge is 0.524 e. The number of carbonyl (C=O) groups is 3. The van der Waals surface area contributed by atoms with E-state index in [4.69, 9.17) is 16.1 Å². The van der Waals surface area contributed by atoms with Crippen molar-refractivity contribution in [3.8, 4) is 28.7 Å². The van der Waals surface area contributed by atoms with Crippen LogP contribution in [0, 0.1) is 36.3 Å². The normalized spacial score (nSPS) is 16.5. The van der Waals surface area contributed by atoms with Gasteiger partial charge in [-0.3, -0.25) is 33.5 Å². The summed E-state index contributed by atoms with van der Waals surface area (Å²) >= 11 is 6.78. The van der Waals surface area contributed by atoms with E-state index in [0.29, 0.717) is 12.3 Å². The second-order valence-corrected chi connectivity index (χ2v) is 27.9. The number of phosphoric ester groups is 1. The number of aliphatic carboxylic acids is 1.